The van der Waals surface area contributed by atoms with Crippen molar-refractivity contribution in [2.45, 2.75) is 25.9 Å². The average molecular weight is 357 g/mol. The van der Waals surface area contributed by atoms with E-state index >= 15 is 0 Å². The van der Waals surface area contributed by atoms with E-state index in [4.69, 9.17) is 9.47 Å². The number of carbonyl (C=O) groups is 1. The number of hydrogen-bond donors (Lipinski definition) is 2. The van der Waals surface area contributed by atoms with Crippen LogP contribution in [0.25, 0.3) is 0 Å². The quantitative estimate of drug-likeness (QED) is 0.750. The predicted octanol–water partition coefficient (Wildman–Crippen LogP) is 2.32. The van der Waals surface area contributed by atoms with E-state index in [1.165, 1.54) is 0 Å². The molecule has 1 unspecified atom stereocenters. The first-order chi connectivity index (χ1) is 11.2. The summed E-state index contributed by atoms with van der Waals surface area (Å²) in [4.78, 5) is 12.6. The monoisotopic (exact) mass is 356 g/mol. The highest BCUT2D eigenvalue weighted by atomic mass is 35.5. The van der Waals surface area contributed by atoms with Gasteiger partial charge in [0.25, 0.3) is 5.91 Å². The summed E-state index contributed by atoms with van der Waals surface area (Å²) < 4.78 is 11.1. The molecule has 1 heterocycles. The number of methoxy groups -OCH3 is 1. The second-order valence-electron chi connectivity index (χ2n) is 6.15. The zero-order valence-electron chi connectivity index (χ0n) is 14.5. The van der Waals surface area contributed by atoms with E-state index in [0.29, 0.717) is 19.8 Å². The minimum absolute atomic E-state index is 0. The second-order valence-corrected chi connectivity index (χ2v) is 6.15. The van der Waals surface area contributed by atoms with Crippen molar-refractivity contribution >= 4 is 18.3 Å². The molecule has 1 fully saturated rings. The van der Waals surface area contributed by atoms with Crippen LogP contribution in [0.2, 0.25) is 0 Å². The van der Waals surface area contributed by atoms with Crippen LogP contribution in [0, 0.1) is 5.41 Å². The number of piperidine rings is 1. The number of halogens is 1. The number of ether oxygens (including phenoxy) is 2. The van der Waals surface area contributed by atoms with E-state index in [1.54, 1.807) is 7.11 Å². The lowest BCUT2D eigenvalue weighted by atomic mass is 9.79. The first kappa shape index (κ1) is 20.9. The Labute approximate surface area is 150 Å². The van der Waals surface area contributed by atoms with Crippen molar-refractivity contribution in [2.75, 3.05) is 40.0 Å². The molecule has 1 atom stereocenters. The predicted molar refractivity (Wildman–Crippen MR) is 97.5 cm³/mol. The minimum Gasteiger partial charge on any atom is -0.384 e. The molecule has 1 saturated heterocycles. The molecule has 0 bridgehead atoms. The van der Waals surface area contributed by atoms with Gasteiger partial charge in [0.1, 0.15) is 0 Å². The van der Waals surface area contributed by atoms with Gasteiger partial charge >= 0.3 is 0 Å². The third-order valence-electron chi connectivity index (χ3n) is 4.43. The van der Waals surface area contributed by atoms with Crippen LogP contribution in [0.3, 0.4) is 0 Å². The van der Waals surface area contributed by atoms with Crippen molar-refractivity contribution in [3.63, 3.8) is 0 Å². The lowest BCUT2D eigenvalue weighted by Gasteiger charge is -2.37. The SMILES string of the molecule is CCOC(C(=O)NCC1(COC)CCNCC1)c1ccccc1.Cl. The van der Waals surface area contributed by atoms with Crippen LogP contribution < -0.4 is 10.6 Å². The summed E-state index contributed by atoms with van der Waals surface area (Å²) in [6.07, 6.45) is 1.46. The van der Waals surface area contributed by atoms with Gasteiger partial charge in [-0.15, -0.1) is 12.4 Å². The summed E-state index contributed by atoms with van der Waals surface area (Å²) in [5, 5.41) is 6.45. The van der Waals surface area contributed by atoms with Gasteiger partial charge in [-0.05, 0) is 38.4 Å². The van der Waals surface area contributed by atoms with E-state index < -0.39 is 6.10 Å². The van der Waals surface area contributed by atoms with Crippen LogP contribution in [-0.2, 0) is 14.3 Å². The molecule has 2 N–H and O–H groups in total. The third kappa shape index (κ3) is 5.74. The molecule has 6 heteroatoms. The van der Waals surface area contributed by atoms with E-state index in [9.17, 15) is 4.79 Å². The lowest BCUT2D eigenvalue weighted by molar-refractivity contribution is -0.133. The first-order valence-corrected chi connectivity index (χ1v) is 8.35. The molecule has 1 amide bonds. The van der Waals surface area contributed by atoms with Gasteiger partial charge in [0, 0.05) is 25.7 Å². The number of hydrogen-bond acceptors (Lipinski definition) is 4. The van der Waals surface area contributed by atoms with Gasteiger partial charge in [0.2, 0.25) is 0 Å². The first-order valence-electron chi connectivity index (χ1n) is 8.35. The van der Waals surface area contributed by atoms with Crippen LogP contribution in [0.4, 0.5) is 0 Å². The number of rotatable bonds is 8. The molecule has 2 rings (SSSR count). The molecule has 0 aliphatic carbocycles. The highest BCUT2D eigenvalue weighted by Gasteiger charge is 2.33. The van der Waals surface area contributed by atoms with Gasteiger partial charge in [0.05, 0.1) is 6.61 Å². The Bertz CT molecular complexity index is 473. The van der Waals surface area contributed by atoms with Gasteiger partial charge < -0.3 is 20.1 Å². The molecule has 0 spiro atoms. The highest BCUT2D eigenvalue weighted by molar-refractivity contribution is 5.85. The van der Waals surface area contributed by atoms with Crippen molar-refractivity contribution in [3.8, 4) is 0 Å². The number of carbonyl (C=O) groups excluding carboxylic acids is 1. The molecule has 5 nitrogen and oxygen atoms in total. The fourth-order valence-electron chi connectivity index (χ4n) is 3.12. The zero-order valence-corrected chi connectivity index (χ0v) is 15.4. The summed E-state index contributed by atoms with van der Waals surface area (Å²) in [7, 11) is 1.72. The van der Waals surface area contributed by atoms with Gasteiger partial charge in [-0.25, -0.2) is 0 Å². The van der Waals surface area contributed by atoms with Crippen LogP contribution in [-0.4, -0.2) is 45.9 Å². The Hall–Kier alpha value is -1.14. The minimum atomic E-state index is -0.553. The normalized spacial score (nSPS) is 17.6. The molecule has 1 aromatic carbocycles. The zero-order chi connectivity index (χ0) is 16.5. The number of amides is 1. The molecule has 1 aliphatic rings. The summed E-state index contributed by atoms with van der Waals surface area (Å²) in [6.45, 7) is 5.62. The van der Waals surface area contributed by atoms with E-state index in [1.807, 2.05) is 37.3 Å². The van der Waals surface area contributed by atoms with Crippen molar-refractivity contribution < 1.29 is 14.3 Å². The average Bonchev–Trinajstić information content (AvgIpc) is 2.59. The van der Waals surface area contributed by atoms with Crippen LogP contribution in [0.1, 0.15) is 31.4 Å². The fraction of sp³-hybridized carbons (Fsp3) is 0.611. The highest BCUT2D eigenvalue weighted by Crippen LogP contribution is 2.28. The fourth-order valence-corrected chi connectivity index (χ4v) is 3.12. The van der Waals surface area contributed by atoms with Crippen LogP contribution in [0.15, 0.2) is 30.3 Å². The number of nitrogens with one attached hydrogen (secondary N) is 2. The van der Waals surface area contributed by atoms with Gasteiger partial charge in [0.15, 0.2) is 6.10 Å². The van der Waals surface area contributed by atoms with Crippen molar-refractivity contribution in [2.24, 2.45) is 5.41 Å². The molecular weight excluding hydrogens is 328 g/mol. The van der Waals surface area contributed by atoms with Crippen molar-refractivity contribution in [1.29, 1.82) is 0 Å². The molecule has 1 aliphatic heterocycles. The molecule has 0 radical (unpaired) electrons. The van der Waals surface area contributed by atoms with E-state index in [0.717, 1.165) is 31.5 Å². The smallest absolute Gasteiger partial charge is 0.253 e. The van der Waals surface area contributed by atoms with E-state index in [2.05, 4.69) is 10.6 Å². The maximum absolute atomic E-state index is 12.6. The lowest BCUT2D eigenvalue weighted by Crippen LogP contribution is -2.48. The Morgan fingerprint density at radius 2 is 1.96 bits per heavy atom. The summed E-state index contributed by atoms with van der Waals surface area (Å²) in [5.41, 5.74) is 0.904. The Balaban J connectivity index is 0.00000288. The van der Waals surface area contributed by atoms with Crippen LogP contribution >= 0.6 is 12.4 Å². The summed E-state index contributed by atoms with van der Waals surface area (Å²) in [6, 6.07) is 9.64. The summed E-state index contributed by atoms with van der Waals surface area (Å²) >= 11 is 0. The molecular formula is C18H29ClN2O3. The molecule has 0 saturated carbocycles. The number of benzene rings is 1. The maximum Gasteiger partial charge on any atom is 0.253 e. The third-order valence-corrected chi connectivity index (χ3v) is 4.43. The molecule has 136 valence electrons. The molecule has 24 heavy (non-hydrogen) atoms. The standard InChI is InChI=1S/C18H28N2O3.ClH/c1-3-23-16(15-7-5-4-6-8-15)17(21)20-13-18(14-22-2)9-11-19-12-10-18;/h4-8,16,19H,3,9-14H2,1-2H3,(H,20,21);1H. The molecule has 0 aromatic heterocycles. The van der Waals surface area contributed by atoms with Gasteiger partial charge in [-0.1, -0.05) is 30.3 Å². The molecule has 1 aromatic rings. The second kappa shape index (κ2) is 10.7. The van der Waals surface area contributed by atoms with Gasteiger partial charge in [-0.2, -0.15) is 0 Å². The van der Waals surface area contributed by atoms with Crippen LogP contribution in [0.5, 0.6) is 0 Å². The van der Waals surface area contributed by atoms with Crippen molar-refractivity contribution in [1.82, 2.24) is 10.6 Å². The van der Waals surface area contributed by atoms with E-state index in [-0.39, 0.29) is 23.7 Å². The Morgan fingerprint density at radius 3 is 2.54 bits per heavy atom. The maximum atomic E-state index is 12.6. The Morgan fingerprint density at radius 1 is 1.29 bits per heavy atom. The van der Waals surface area contributed by atoms with Gasteiger partial charge in [-0.3, -0.25) is 4.79 Å². The Kier molecular flexibility index (Phi) is 9.29. The topological polar surface area (TPSA) is 59.6 Å². The van der Waals surface area contributed by atoms with Crippen molar-refractivity contribution in [3.05, 3.63) is 35.9 Å². The largest absolute Gasteiger partial charge is 0.384 e. The summed E-state index contributed by atoms with van der Waals surface area (Å²) in [5.74, 6) is -0.0768.